The zero-order valence-corrected chi connectivity index (χ0v) is 12.6. The third-order valence-electron chi connectivity index (χ3n) is 2.98. The molecule has 2 aromatic rings. The summed E-state index contributed by atoms with van der Waals surface area (Å²) in [7, 11) is 3.17. The van der Waals surface area contributed by atoms with E-state index in [1.165, 1.54) is 0 Å². The number of benzene rings is 2. The minimum Gasteiger partial charge on any atom is -0.497 e. The van der Waals surface area contributed by atoms with Crippen molar-refractivity contribution >= 4 is 6.16 Å². The Labute approximate surface area is 129 Å². The van der Waals surface area contributed by atoms with Crippen molar-refractivity contribution in [2.24, 2.45) is 0 Å². The van der Waals surface area contributed by atoms with Gasteiger partial charge < -0.3 is 18.9 Å². The van der Waals surface area contributed by atoms with Gasteiger partial charge in [-0.25, -0.2) is 4.79 Å². The van der Waals surface area contributed by atoms with E-state index in [9.17, 15) is 4.79 Å². The Kier molecular flexibility index (Phi) is 5.65. The van der Waals surface area contributed by atoms with Crippen LogP contribution in [-0.2, 0) is 22.7 Å². The highest BCUT2D eigenvalue weighted by Crippen LogP contribution is 2.15. The van der Waals surface area contributed by atoms with E-state index in [0.717, 1.165) is 11.1 Å². The number of methoxy groups -OCH3 is 2. The summed E-state index contributed by atoms with van der Waals surface area (Å²) in [5.41, 5.74) is 1.66. The van der Waals surface area contributed by atoms with Crippen LogP contribution in [0.3, 0.4) is 0 Å². The summed E-state index contributed by atoms with van der Waals surface area (Å²) < 4.78 is 20.3. The first-order valence-electron chi connectivity index (χ1n) is 6.76. The van der Waals surface area contributed by atoms with Crippen LogP contribution >= 0.6 is 0 Å². The highest BCUT2D eigenvalue weighted by atomic mass is 16.7. The first-order valence-corrected chi connectivity index (χ1v) is 6.76. The van der Waals surface area contributed by atoms with Crippen molar-refractivity contribution in [1.29, 1.82) is 0 Å². The van der Waals surface area contributed by atoms with Gasteiger partial charge in [0.25, 0.3) is 0 Å². The zero-order chi connectivity index (χ0) is 15.8. The van der Waals surface area contributed by atoms with Crippen molar-refractivity contribution < 1.29 is 23.7 Å². The number of hydrogen-bond acceptors (Lipinski definition) is 5. The van der Waals surface area contributed by atoms with Gasteiger partial charge in [-0.1, -0.05) is 24.3 Å². The van der Waals surface area contributed by atoms with E-state index in [2.05, 4.69) is 0 Å². The van der Waals surface area contributed by atoms with Gasteiger partial charge in [0.1, 0.15) is 24.7 Å². The maximum absolute atomic E-state index is 11.6. The lowest BCUT2D eigenvalue weighted by molar-refractivity contribution is 0.0445. The SMILES string of the molecule is COc1cccc(COC(=O)OCc2cccc(OC)c2)c1. The highest BCUT2D eigenvalue weighted by Gasteiger charge is 2.06. The van der Waals surface area contributed by atoms with Crippen molar-refractivity contribution in [3.05, 3.63) is 59.7 Å². The molecular weight excluding hydrogens is 284 g/mol. The van der Waals surface area contributed by atoms with E-state index < -0.39 is 6.16 Å². The Morgan fingerprint density at radius 2 is 1.27 bits per heavy atom. The fourth-order valence-corrected chi connectivity index (χ4v) is 1.85. The van der Waals surface area contributed by atoms with Gasteiger partial charge in [-0.05, 0) is 35.4 Å². The molecule has 0 spiro atoms. The quantitative estimate of drug-likeness (QED) is 0.764. The molecule has 0 amide bonds. The van der Waals surface area contributed by atoms with Crippen LogP contribution in [0, 0.1) is 0 Å². The Hall–Kier alpha value is -2.69. The van der Waals surface area contributed by atoms with Crippen LogP contribution in [0.5, 0.6) is 11.5 Å². The molecule has 0 unspecified atom stereocenters. The number of carbonyl (C=O) groups is 1. The Morgan fingerprint density at radius 1 is 0.818 bits per heavy atom. The monoisotopic (exact) mass is 302 g/mol. The van der Waals surface area contributed by atoms with E-state index in [1.807, 2.05) is 36.4 Å². The third-order valence-corrected chi connectivity index (χ3v) is 2.98. The fraction of sp³-hybridized carbons (Fsp3) is 0.235. The number of ether oxygens (including phenoxy) is 4. The van der Waals surface area contributed by atoms with E-state index in [4.69, 9.17) is 18.9 Å². The topological polar surface area (TPSA) is 54.0 Å². The van der Waals surface area contributed by atoms with Gasteiger partial charge in [-0.2, -0.15) is 0 Å². The van der Waals surface area contributed by atoms with Crippen molar-refractivity contribution in [1.82, 2.24) is 0 Å². The Bertz CT molecular complexity index is 570. The van der Waals surface area contributed by atoms with Crippen LogP contribution in [0.4, 0.5) is 4.79 Å². The molecule has 0 radical (unpaired) electrons. The van der Waals surface area contributed by atoms with Crippen LogP contribution < -0.4 is 9.47 Å². The maximum atomic E-state index is 11.6. The summed E-state index contributed by atoms with van der Waals surface area (Å²) in [6.07, 6.45) is -0.717. The van der Waals surface area contributed by atoms with Crippen molar-refractivity contribution in [3.63, 3.8) is 0 Å². The molecule has 0 aliphatic rings. The van der Waals surface area contributed by atoms with Crippen LogP contribution in [0.25, 0.3) is 0 Å². The van der Waals surface area contributed by atoms with Crippen LogP contribution in [0.15, 0.2) is 48.5 Å². The summed E-state index contributed by atoms with van der Waals surface area (Å²) in [6, 6.07) is 14.6. The van der Waals surface area contributed by atoms with E-state index in [-0.39, 0.29) is 13.2 Å². The Balaban J connectivity index is 1.80. The highest BCUT2D eigenvalue weighted by molar-refractivity contribution is 5.60. The second-order valence-electron chi connectivity index (χ2n) is 4.53. The lowest BCUT2D eigenvalue weighted by Gasteiger charge is -2.08. The predicted octanol–water partition coefficient (Wildman–Crippen LogP) is 3.56. The standard InChI is InChI=1S/C17H18O5/c1-19-15-7-3-5-13(9-15)11-21-17(18)22-12-14-6-4-8-16(10-14)20-2/h3-10H,11-12H2,1-2H3. The van der Waals surface area contributed by atoms with Crippen molar-refractivity contribution in [3.8, 4) is 11.5 Å². The molecule has 116 valence electrons. The fourth-order valence-electron chi connectivity index (χ4n) is 1.85. The van der Waals surface area contributed by atoms with E-state index >= 15 is 0 Å². The minimum absolute atomic E-state index is 0.133. The molecule has 0 atom stereocenters. The second-order valence-corrected chi connectivity index (χ2v) is 4.53. The molecular formula is C17H18O5. The minimum atomic E-state index is -0.717. The predicted molar refractivity (Wildman–Crippen MR) is 81.0 cm³/mol. The molecule has 0 aliphatic carbocycles. The summed E-state index contributed by atoms with van der Waals surface area (Å²) in [6.45, 7) is 0.266. The molecule has 2 aromatic carbocycles. The van der Waals surface area contributed by atoms with E-state index in [0.29, 0.717) is 11.5 Å². The van der Waals surface area contributed by atoms with Gasteiger partial charge in [0.05, 0.1) is 14.2 Å². The zero-order valence-electron chi connectivity index (χ0n) is 12.6. The molecule has 0 fully saturated rings. The lowest BCUT2D eigenvalue weighted by Crippen LogP contribution is -2.07. The molecule has 0 saturated carbocycles. The maximum Gasteiger partial charge on any atom is 0.508 e. The van der Waals surface area contributed by atoms with Crippen LogP contribution in [0.2, 0.25) is 0 Å². The number of rotatable bonds is 6. The molecule has 5 heteroatoms. The van der Waals surface area contributed by atoms with Gasteiger partial charge in [0.15, 0.2) is 0 Å². The summed E-state index contributed by atoms with van der Waals surface area (Å²) in [4.78, 5) is 11.6. The van der Waals surface area contributed by atoms with Crippen molar-refractivity contribution in [2.45, 2.75) is 13.2 Å². The lowest BCUT2D eigenvalue weighted by atomic mass is 10.2. The average Bonchev–Trinajstić information content (AvgIpc) is 2.58. The first-order chi connectivity index (χ1) is 10.7. The summed E-state index contributed by atoms with van der Waals surface area (Å²) >= 11 is 0. The molecule has 0 heterocycles. The van der Waals surface area contributed by atoms with Gasteiger partial charge in [-0.3, -0.25) is 0 Å². The smallest absolute Gasteiger partial charge is 0.497 e. The molecule has 0 aromatic heterocycles. The van der Waals surface area contributed by atoms with Gasteiger partial charge in [-0.15, -0.1) is 0 Å². The van der Waals surface area contributed by atoms with Crippen molar-refractivity contribution in [2.75, 3.05) is 14.2 Å². The molecule has 22 heavy (non-hydrogen) atoms. The summed E-state index contributed by atoms with van der Waals surface area (Å²) in [5, 5.41) is 0. The Morgan fingerprint density at radius 3 is 1.68 bits per heavy atom. The molecule has 5 nitrogen and oxygen atoms in total. The van der Waals surface area contributed by atoms with Crippen LogP contribution in [0.1, 0.15) is 11.1 Å². The average molecular weight is 302 g/mol. The molecule has 0 bridgehead atoms. The third kappa shape index (κ3) is 4.70. The molecule has 0 N–H and O–H groups in total. The second kappa shape index (κ2) is 7.93. The largest absolute Gasteiger partial charge is 0.508 e. The number of carbonyl (C=O) groups excluding carboxylic acids is 1. The van der Waals surface area contributed by atoms with Gasteiger partial charge in [0, 0.05) is 0 Å². The van der Waals surface area contributed by atoms with Gasteiger partial charge >= 0.3 is 6.16 Å². The first kappa shape index (κ1) is 15.7. The number of hydrogen-bond donors (Lipinski definition) is 0. The van der Waals surface area contributed by atoms with E-state index in [1.54, 1.807) is 26.4 Å². The molecule has 0 aliphatic heterocycles. The molecule has 0 saturated heterocycles. The van der Waals surface area contributed by atoms with Crippen LogP contribution in [-0.4, -0.2) is 20.4 Å². The molecule has 2 rings (SSSR count). The normalized spacial score (nSPS) is 9.91. The summed E-state index contributed by atoms with van der Waals surface area (Å²) in [5.74, 6) is 1.43. The van der Waals surface area contributed by atoms with Gasteiger partial charge in [0.2, 0.25) is 0 Å².